The molecule has 0 heterocycles. The molecular formula is C13H15BrClNO. The lowest BCUT2D eigenvalue weighted by Gasteiger charge is -2.21. The van der Waals surface area contributed by atoms with Crippen LogP contribution in [0.5, 0.6) is 0 Å². The van der Waals surface area contributed by atoms with Gasteiger partial charge in [0.15, 0.2) is 0 Å². The zero-order valence-corrected chi connectivity index (χ0v) is 11.9. The molecule has 0 unspecified atom stereocenters. The van der Waals surface area contributed by atoms with E-state index in [0.717, 1.165) is 30.2 Å². The maximum atomic E-state index is 12.0. The fourth-order valence-corrected chi connectivity index (χ4v) is 2.91. The highest BCUT2D eigenvalue weighted by molar-refractivity contribution is 9.10. The molecule has 0 spiro atoms. The molecule has 2 rings (SSSR count). The van der Waals surface area contributed by atoms with Crippen LogP contribution in [0.25, 0.3) is 0 Å². The van der Waals surface area contributed by atoms with Crippen molar-refractivity contribution in [2.75, 3.05) is 5.32 Å². The lowest BCUT2D eigenvalue weighted by molar-refractivity contribution is -0.120. The van der Waals surface area contributed by atoms with Crippen LogP contribution in [0.4, 0.5) is 5.69 Å². The van der Waals surface area contributed by atoms with E-state index in [0.29, 0.717) is 10.7 Å². The Balaban J connectivity index is 2.02. The quantitative estimate of drug-likeness (QED) is 0.847. The Labute approximate surface area is 115 Å². The Hall–Kier alpha value is -0.540. The van der Waals surface area contributed by atoms with Gasteiger partial charge in [0.25, 0.3) is 0 Å². The Morgan fingerprint density at radius 3 is 2.65 bits per heavy atom. The predicted octanol–water partition coefficient (Wildman–Crippen LogP) is 4.62. The summed E-state index contributed by atoms with van der Waals surface area (Å²) in [6.07, 6.45) is 5.57. The van der Waals surface area contributed by atoms with Gasteiger partial charge in [-0.3, -0.25) is 4.79 Å². The van der Waals surface area contributed by atoms with Gasteiger partial charge in [0.05, 0.1) is 10.7 Å². The normalized spacial score (nSPS) is 16.8. The van der Waals surface area contributed by atoms with Crippen LogP contribution in [0.2, 0.25) is 5.02 Å². The van der Waals surface area contributed by atoms with Crippen molar-refractivity contribution in [2.45, 2.75) is 32.1 Å². The molecule has 0 aliphatic heterocycles. The smallest absolute Gasteiger partial charge is 0.227 e. The van der Waals surface area contributed by atoms with Crippen molar-refractivity contribution in [2.24, 2.45) is 5.92 Å². The summed E-state index contributed by atoms with van der Waals surface area (Å²) in [5.74, 6) is 0.261. The molecule has 1 saturated carbocycles. The number of anilines is 1. The molecule has 0 radical (unpaired) electrons. The minimum absolute atomic E-state index is 0.105. The van der Waals surface area contributed by atoms with Gasteiger partial charge in [-0.15, -0.1) is 0 Å². The minimum atomic E-state index is 0.105. The molecule has 1 aromatic rings. The molecule has 4 heteroatoms. The van der Waals surface area contributed by atoms with Crippen LogP contribution < -0.4 is 5.32 Å². The van der Waals surface area contributed by atoms with Crippen LogP contribution in [0.1, 0.15) is 32.1 Å². The summed E-state index contributed by atoms with van der Waals surface area (Å²) < 4.78 is 0.915. The SMILES string of the molecule is O=C(Nc1ccc(Br)cc1Cl)C1CCCCC1. The lowest BCUT2D eigenvalue weighted by Crippen LogP contribution is -2.24. The second kappa shape index (κ2) is 5.87. The number of hydrogen-bond acceptors (Lipinski definition) is 1. The first-order valence-corrected chi connectivity index (χ1v) is 7.10. The zero-order chi connectivity index (χ0) is 12.3. The van der Waals surface area contributed by atoms with E-state index in [9.17, 15) is 4.79 Å². The topological polar surface area (TPSA) is 29.1 Å². The second-order valence-electron chi connectivity index (χ2n) is 4.45. The van der Waals surface area contributed by atoms with Gasteiger partial charge in [-0.25, -0.2) is 0 Å². The summed E-state index contributed by atoms with van der Waals surface area (Å²) in [7, 11) is 0. The highest BCUT2D eigenvalue weighted by Gasteiger charge is 2.21. The van der Waals surface area contributed by atoms with Gasteiger partial charge < -0.3 is 5.32 Å². The molecule has 1 fully saturated rings. The van der Waals surface area contributed by atoms with E-state index in [-0.39, 0.29) is 11.8 Å². The Morgan fingerprint density at radius 2 is 2.00 bits per heavy atom. The van der Waals surface area contributed by atoms with E-state index in [4.69, 9.17) is 11.6 Å². The van der Waals surface area contributed by atoms with Gasteiger partial charge >= 0.3 is 0 Å². The van der Waals surface area contributed by atoms with Gasteiger partial charge in [-0.05, 0) is 31.0 Å². The van der Waals surface area contributed by atoms with Gasteiger partial charge in [-0.2, -0.15) is 0 Å². The van der Waals surface area contributed by atoms with Crippen LogP contribution >= 0.6 is 27.5 Å². The highest BCUT2D eigenvalue weighted by atomic mass is 79.9. The van der Waals surface area contributed by atoms with E-state index in [2.05, 4.69) is 21.2 Å². The molecule has 0 aromatic heterocycles. The van der Waals surface area contributed by atoms with Crippen molar-refractivity contribution in [3.05, 3.63) is 27.7 Å². The largest absolute Gasteiger partial charge is 0.325 e. The Kier molecular flexibility index (Phi) is 4.46. The maximum absolute atomic E-state index is 12.0. The molecule has 17 heavy (non-hydrogen) atoms. The van der Waals surface area contributed by atoms with Crippen molar-refractivity contribution in [1.29, 1.82) is 0 Å². The van der Waals surface area contributed by atoms with E-state index >= 15 is 0 Å². The molecular weight excluding hydrogens is 302 g/mol. The highest BCUT2D eigenvalue weighted by Crippen LogP contribution is 2.28. The minimum Gasteiger partial charge on any atom is -0.325 e. The van der Waals surface area contributed by atoms with Gasteiger partial charge in [0, 0.05) is 10.4 Å². The number of carbonyl (C=O) groups excluding carboxylic acids is 1. The van der Waals surface area contributed by atoms with Crippen molar-refractivity contribution >= 4 is 39.1 Å². The van der Waals surface area contributed by atoms with E-state index in [1.807, 2.05) is 12.1 Å². The first-order valence-electron chi connectivity index (χ1n) is 5.93. The molecule has 1 aliphatic rings. The number of benzene rings is 1. The molecule has 1 aliphatic carbocycles. The summed E-state index contributed by atoms with van der Waals surface area (Å²) in [5, 5.41) is 3.49. The first kappa shape index (κ1) is 12.9. The number of amides is 1. The van der Waals surface area contributed by atoms with Crippen molar-refractivity contribution in [3.8, 4) is 0 Å². The van der Waals surface area contributed by atoms with Crippen LogP contribution in [0, 0.1) is 5.92 Å². The fourth-order valence-electron chi connectivity index (χ4n) is 2.19. The average Bonchev–Trinajstić information content (AvgIpc) is 2.34. The summed E-state index contributed by atoms with van der Waals surface area (Å²) in [4.78, 5) is 12.0. The maximum Gasteiger partial charge on any atom is 0.227 e. The third-order valence-corrected chi connectivity index (χ3v) is 3.97. The molecule has 92 valence electrons. The zero-order valence-electron chi connectivity index (χ0n) is 9.51. The number of rotatable bonds is 2. The van der Waals surface area contributed by atoms with Crippen LogP contribution in [-0.4, -0.2) is 5.91 Å². The molecule has 1 aromatic carbocycles. The molecule has 2 nitrogen and oxygen atoms in total. The van der Waals surface area contributed by atoms with Crippen LogP contribution in [0.3, 0.4) is 0 Å². The van der Waals surface area contributed by atoms with Gasteiger partial charge in [0.1, 0.15) is 0 Å². The van der Waals surface area contributed by atoms with Gasteiger partial charge in [-0.1, -0.05) is 46.8 Å². The first-order chi connectivity index (χ1) is 8.16. The summed E-state index contributed by atoms with van der Waals surface area (Å²) in [6.45, 7) is 0. The van der Waals surface area contributed by atoms with E-state index in [1.165, 1.54) is 6.42 Å². The predicted molar refractivity (Wildman–Crippen MR) is 74.4 cm³/mol. The molecule has 1 amide bonds. The van der Waals surface area contributed by atoms with Crippen LogP contribution in [0.15, 0.2) is 22.7 Å². The molecule has 1 N–H and O–H groups in total. The molecule has 0 bridgehead atoms. The molecule has 0 atom stereocenters. The van der Waals surface area contributed by atoms with Crippen molar-refractivity contribution < 1.29 is 4.79 Å². The second-order valence-corrected chi connectivity index (χ2v) is 5.77. The monoisotopic (exact) mass is 315 g/mol. The number of nitrogens with one attached hydrogen (secondary N) is 1. The summed E-state index contributed by atoms with van der Waals surface area (Å²) in [5.41, 5.74) is 0.699. The third-order valence-electron chi connectivity index (χ3n) is 3.16. The standard InChI is InChI=1S/C13H15BrClNO/c14-10-6-7-12(11(15)8-10)16-13(17)9-4-2-1-3-5-9/h6-9H,1-5H2,(H,16,17). The van der Waals surface area contributed by atoms with Crippen molar-refractivity contribution in [1.82, 2.24) is 0 Å². The van der Waals surface area contributed by atoms with E-state index < -0.39 is 0 Å². The van der Waals surface area contributed by atoms with E-state index in [1.54, 1.807) is 6.07 Å². The lowest BCUT2D eigenvalue weighted by atomic mass is 9.88. The number of halogens is 2. The summed E-state index contributed by atoms with van der Waals surface area (Å²) >= 11 is 9.41. The Morgan fingerprint density at radius 1 is 1.29 bits per heavy atom. The third kappa shape index (κ3) is 3.46. The molecule has 0 saturated heterocycles. The Bertz CT molecular complexity index is 416. The summed E-state index contributed by atoms with van der Waals surface area (Å²) in [6, 6.07) is 5.49. The van der Waals surface area contributed by atoms with Crippen LogP contribution in [-0.2, 0) is 4.79 Å². The average molecular weight is 317 g/mol. The van der Waals surface area contributed by atoms with Gasteiger partial charge in [0.2, 0.25) is 5.91 Å². The van der Waals surface area contributed by atoms with Crippen molar-refractivity contribution in [3.63, 3.8) is 0 Å². The number of hydrogen-bond donors (Lipinski definition) is 1. The fraction of sp³-hybridized carbons (Fsp3) is 0.462. The number of carbonyl (C=O) groups is 1.